The summed E-state index contributed by atoms with van der Waals surface area (Å²) < 4.78 is 2.43. The van der Waals surface area contributed by atoms with Crippen LogP contribution in [-0.4, -0.2) is 4.57 Å². The fourth-order valence-electron chi connectivity index (χ4n) is 11.2. The van der Waals surface area contributed by atoms with E-state index in [1.54, 1.807) is 0 Å². The predicted octanol–water partition coefficient (Wildman–Crippen LogP) is 17.1. The minimum Gasteiger partial charge on any atom is -0.310 e. The summed E-state index contributed by atoms with van der Waals surface area (Å²) in [6.07, 6.45) is 0. The van der Waals surface area contributed by atoms with E-state index in [1.165, 1.54) is 82.6 Å². The van der Waals surface area contributed by atoms with E-state index in [2.05, 4.69) is 276 Å². The minimum absolute atomic E-state index is 0.485. The van der Waals surface area contributed by atoms with Crippen molar-refractivity contribution in [2.75, 3.05) is 4.90 Å². The van der Waals surface area contributed by atoms with Gasteiger partial charge in [-0.1, -0.05) is 218 Å². The molecule has 1 aliphatic rings. The molecule has 1 heterocycles. The molecule has 0 saturated heterocycles. The molecular weight excluding hydrogens is 809 g/mol. The van der Waals surface area contributed by atoms with Crippen molar-refractivity contribution in [2.24, 2.45) is 0 Å². The van der Waals surface area contributed by atoms with Gasteiger partial charge in [-0.05, 0) is 104 Å². The van der Waals surface area contributed by atoms with Crippen LogP contribution >= 0.6 is 0 Å². The average molecular weight is 853 g/mol. The molecule has 0 unspecified atom stereocenters. The number of hydrogen-bond donors (Lipinski definition) is 0. The lowest BCUT2D eigenvalue weighted by molar-refractivity contribution is 0.768. The maximum atomic E-state index is 2.48. The lowest BCUT2D eigenvalue weighted by atomic mass is 9.68. The zero-order chi connectivity index (χ0) is 44.3. The quantitative estimate of drug-likeness (QED) is 0.148. The summed E-state index contributed by atoms with van der Waals surface area (Å²) in [4.78, 5) is 2.48. The van der Waals surface area contributed by atoms with E-state index in [0.717, 1.165) is 28.3 Å². The Morgan fingerprint density at radius 2 is 0.851 bits per heavy atom. The number of nitrogens with zero attached hydrogens (tertiary/aromatic N) is 2. The normalized spacial score (nSPS) is 12.6. The number of benzene rings is 11. The van der Waals surface area contributed by atoms with E-state index in [-0.39, 0.29) is 0 Å². The van der Waals surface area contributed by atoms with Gasteiger partial charge in [0.1, 0.15) is 0 Å². The van der Waals surface area contributed by atoms with Crippen LogP contribution in [0.2, 0.25) is 0 Å². The first-order valence-electron chi connectivity index (χ1n) is 23.2. The molecule has 0 aliphatic heterocycles. The molecule has 0 amide bonds. The second-order valence-electron chi connectivity index (χ2n) is 17.6. The molecule has 0 atom stereocenters. The van der Waals surface area contributed by atoms with Crippen LogP contribution < -0.4 is 4.90 Å². The number of hydrogen-bond acceptors (Lipinski definition) is 1. The summed E-state index contributed by atoms with van der Waals surface area (Å²) >= 11 is 0. The number of para-hydroxylation sites is 3. The molecule has 11 aromatic carbocycles. The molecule has 314 valence electrons. The molecule has 67 heavy (non-hydrogen) atoms. The number of anilines is 3. The van der Waals surface area contributed by atoms with E-state index >= 15 is 0 Å². The van der Waals surface area contributed by atoms with E-state index in [0.29, 0.717) is 0 Å². The van der Waals surface area contributed by atoms with Crippen LogP contribution in [0.3, 0.4) is 0 Å². The van der Waals surface area contributed by atoms with Crippen molar-refractivity contribution in [3.63, 3.8) is 0 Å². The maximum Gasteiger partial charge on any atom is 0.0713 e. The zero-order valence-corrected chi connectivity index (χ0v) is 36.8. The van der Waals surface area contributed by atoms with Gasteiger partial charge in [0.2, 0.25) is 0 Å². The van der Waals surface area contributed by atoms with Crippen molar-refractivity contribution in [1.29, 1.82) is 0 Å². The zero-order valence-electron chi connectivity index (χ0n) is 36.8. The largest absolute Gasteiger partial charge is 0.310 e. The summed E-state index contributed by atoms with van der Waals surface area (Å²) in [7, 11) is 0. The highest BCUT2D eigenvalue weighted by Crippen LogP contribution is 2.57. The van der Waals surface area contributed by atoms with E-state index in [9.17, 15) is 0 Å². The van der Waals surface area contributed by atoms with Crippen molar-refractivity contribution >= 4 is 49.6 Å². The SMILES string of the molecule is c1ccc(-c2c(N(c3ccc(-c4ccccc4-n4c5ccccc5c5ccccc54)cc3)c3ccc4c(c3)-c3ccccc3C4(c3ccccc3)c3ccccc3)ccc3ccccc23)cc1. The first-order chi connectivity index (χ1) is 33.3. The van der Waals surface area contributed by atoms with Crippen LogP contribution in [0, 0.1) is 0 Å². The van der Waals surface area contributed by atoms with Crippen LogP contribution in [-0.2, 0) is 5.41 Å². The third kappa shape index (κ3) is 6.04. The predicted molar refractivity (Wildman–Crippen MR) is 281 cm³/mol. The van der Waals surface area contributed by atoms with Crippen molar-refractivity contribution in [3.05, 3.63) is 289 Å². The topological polar surface area (TPSA) is 8.17 Å². The summed E-state index contributed by atoms with van der Waals surface area (Å²) in [5.74, 6) is 0. The van der Waals surface area contributed by atoms with Gasteiger partial charge in [-0.3, -0.25) is 0 Å². The van der Waals surface area contributed by atoms with Crippen LogP contribution in [0.5, 0.6) is 0 Å². The Morgan fingerprint density at radius 3 is 1.54 bits per heavy atom. The van der Waals surface area contributed by atoms with Crippen LogP contribution in [0.25, 0.3) is 71.6 Å². The summed E-state index contributed by atoms with van der Waals surface area (Å²) in [5, 5.41) is 4.93. The molecule has 2 heteroatoms. The molecule has 1 aliphatic carbocycles. The van der Waals surface area contributed by atoms with Crippen LogP contribution in [0.1, 0.15) is 22.3 Å². The fourth-order valence-corrected chi connectivity index (χ4v) is 11.2. The van der Waals surface area contributed by atoms with E-state index in [1.807, 2.05) is 0 Å². The highest BCUT2D eigenvalue weighted by molar-refractivity contribution is 6.10. The molecule has 0 radical (unpaired) electrons. The average Bonchev–Trinajstić information content (AvgIpc) is 3.90. The molecule has 0 saturated carbocycles. The maximum absolute atomic E-state index is 2.48. The molecule has 12 aromatic rings. The van der Waals surface area contributed by atoms with Gasteiger partial charge in [0.25, 0.3) is 0 Å². The van der Waals surface area contributed by atoms with Crippen molar-refractivity contribution in [1.82, 2.24) is 4.57 Å². The summed E-state index contributed by atoms with van der Waals surface area (Å²) in [5.41, 5.74) is 18.7. The fraction of sp³-hybridized carbons (Fsp3) is 0.0154. The summed E-state index contributed by atoms with van der Waals surface area (Å²) in [6, 6.07) is 98.1. The van der Waals surface area contributed by atoms with Gasteiger partial charge < -0.3 is 9.47 Å². The second-order valence-corrected chi connectivity index (χ2v) is 17.6. The van der Waals surface area contributed by atoms with Gasteiger partial charge in [-0.25, -0.2) is 0 Å². The molecule has 0 N–H and O–H groups in total. The highest BCUT2D eigenvalue weighted by Gasteiger charge is 2.46. The Hall–Kier alpha value is -8.72. The molecule has 2 nitrogen and oxygen atoms in total. The van der Waals surface area contributed by atoms with E-state index in [4.69, 9.17) is 0 Å². The van der Waals surface area contributed by atoms with Gasteiger partial charge in [-0.2, -0.15) is 0 Å². The third-order valence-corrected chi connectivity index (χ3v) is 14.1. The second kappa shape index (κ2) is 15.8. The number of rotatable bonds is 8. The lowest BCUT2D eigenvalue weighted by Gasteiger charge is -2.34. The molecule has 0 bridgehead atoms. The van der Waals surface area contributed by atoms with Crippen molar-refractivity contribution in [2.45, 2.75) is 5.41 Å². The smallest absolute Gasteiger partial charge is 0.0713 e. The van der Waals surface area contributed by atoms with Crippen molar-refractivity contribution in [3.8, 4) is 39.1 Å². The lowest BCUT2D eigenvalue weighted by Crippen LogP contribution is -2.28. The van der Waals surface area contributed by atoms with Gasteiger partial charge in [0.15, 0.2) is 0 Å². The Morgan fingerprint density at radius 1 is 0.328 bits per heavy atom. The van der Waals surface area contributed by atoms with Gasteiger partial charge in [0, 0.05) is 33.3 Å². The first-order valence-corrected chi connectivity index (χ1v) is 23.2. The third-order valence-electron chi connectivity index (χ3n) is 14.1. The highest BCUT2D eigenvalue weighted by atomic mass is 15.1. The van der Waals surface area contributed by atoms with Gasteiger partial charge >= 0.3 is 0 Å². The van der Waals surface area contributed by atoms with Gasteiger partial charge in [-0.15, -0.1) is 0 Å². The molecule has 0 fully saturated rings. The molecular formula is C65H44N2. The van der Waals surface area contributed by atoms with E-state index < -0.39 is 5.41 Å². The molecule has 0 spiro atoms. The monoisotopic (exact) mass is 852 g/mol. The Bertz CT molecular complexity index is 3700. The molecule has 1 aromatic heterocycles. The van der Waals surface area contributed by atoms with Crippen molar-refractivity contribution < 1.29 is 0 Å². The Kier molecular flexibility index (Phi) is 9.11. The number of fused-ring (bicyclic) bond motifs is 7. The van der Waals surface area contributed by atoms with Crippen LogP contribution in [0.4, 0.5) is 17.1 Å². The summed E-state index contributed by atoms with van der Waals surface area (Å²) in [6.45, 7) is 0. The standard InChI is InChI=1S/C65H44N2/c1-4-21-47(22-5-1)64-53-28-11-10-20-45(53)38-43-63(64)66(50-39-36-46(37-40-50)52-27-13-17-33-60(52)67-61-34-18-14-30-55(61)56-31-15-19-35-62(56)67)51-41-42-59-57(44-51)54-29-12-16-32-58(54)65(59,48-23-6-2-7-24-48)49-25-8-3-9-26-49/h1-44H. The minimum atomic E-state index is -0.485. The number of aromatic nitrogens is 1. The molecule has 13 rings (SSSR count). The Labute approximate surface area is 390 Å². The Balaban J connectivity index is 1.03. The van der Waals surface area contributed by atoms with Crippen LogP contribution in [0.15, 0.2) is 267 Å². The van der Waals surface area contributed by atoms with Gasteiger partial charge in [0.05, 0.1) is 27.8 Å². The first kappa shape index (κ1) is 38.7.